The summed E-state index contributed by atoms with van der Waals surface area (Å²) in [6, 6.07) is 3.60. The molecule has 4 N–H and O–H groups in total. The Hall–Kier alpha value is -4.26. The van der Waals surface area contributed by atoms with Gasteiger partial charge in [0.15, 0.2) is 24.1 Å². The molecule has 0 aliphatic heterocycles. The third-order valence-corrected chi connectivity index (χ3v) is 7.68. The van der Waals surface area contributed by atoms with Crippen LogP contribution in [0, 0.1) is 20.8 Å². The van der Waals surface area contributed by atoms with Crippen molar-refractivity contribution in [3.8, 4) is 39.9 Å². The third-order valence-electron chi connectivity index (χ3n) is 7.68. The number of hydrogen-bond acceptors (Lipinski definition) is 7. The minimum atomic E-state index is -0.613. The number of methoxy groups -OCH3 is 1. The zero-order valence-electron chi connectivity index (χ0n) is 23.5. The average Bonchev–Trinajstić information content (AvgIpc) is 2.86. The van der Waals surface area contributed by atoms with Gasteiger partial charge >= 0.3 is 0 Å². The van der Waals surface area contributed by atoms with E-state index in [9.17, 15) is 30.0 Å². The van der Waals surface area contributed by atoms with Gasteiger partial charge in [0.2, 0.25) is 0 Å². The van der Waals surface area contributed by atoms with Crippen LogP contribution in [0.4, 0.5) is 0 Å². The maximum atomic E-state index is 12.3. The summed E-state index contributed by atoms with van der Waals surface area (Å²) in [5, 5.41) is 46.4. The number of hydrogen-bond donors (Lipinski definition) is 4. The summed E-state index contributed by atoms with van der Waals surface area (Å²) in [6.07, 6.45) is 1.08. The molecule has 0 saturated heterocycles. The number of carbonyl (C=O) groups is 2. The largest absolute Gasteiger partial charge is 0.507 e. The van der Waals surface area contributed by atoms with Crippen LogP contribution in [0.15, 0.2) is 12.1 Å². The van der Waals surface area contributed by atoms with Gasteiger partial charge in [0.05, 0.1) is 12.7 Å². The molecule has 0 unspecified atom stereocenters. The van der Waals surface area contributed by atoms with Crippen LogP contribution in [-0.2, 0) is 0 Å². The van der Waals surface area contributed by atoms with E-state index in [4.69, 9.17) is 4.74 Å². The minimum Gasteiger partial charge on any atom is -0.507 e. The Balaban J connectivity index is 2.27. The summed E-state index contributed by atoms with van der Waals surface area (Å²) in [4.78, 5) is 24.4. The molecule has 4 rings (SSSR count). The smallest absolute Gasteiger partial charge is 0.169 e. The van der Waals surface area contributed by atoms with Gasteiger partial charge in [0.25, 0.3) is 0 Å². The summed E-state index contributed by atoms with van der Waals surface area (Å²) in [6.45, 7) is 13.0. The summed E-state index contributed by atoms with van der Waals surface area (Å²) in [5.74, 6) is -1.15. The zero-order chi connectivity index (χ0) is 29.1. The van der Waals surface area contributed by atoms with E-state index in [2.05, 4.69) is 0 Å². The molecule has 0 aliphatic rings. The van der Waals surface area contributed by atoms with Gasteiger partial charge < -0.3 is 25.2 Å². The van der Waals surface area contributed by atoms with Crippen molar-refractivity contribution in [1.82, 2.24) is 0 Å². The topological polar surface area (TPSA) is 124 Å². The number of carbonyl (C=O) groups excluding carboxylic acids is 2. The van der Waals surface area contributed by atoms with Crippen molar-refractivity contribution in [2.45, 2.75) is 60.3 Å². The highest BCUT2D eigenvalue weighted by Gasteiger charge is 2.29. The molecule has 0 radical (unpaired) electrons. The van der Waals surface area contributed by atoms with Crippen LogP contribution < -0.4 is 4.74 Å². The van der Waals surface area contributed by atoms with E-state index >= 15 is 0 Å². The highest BCUT2D eigenvalue weighted by atomic mass is 16.5. The van der Waals surface area contributed by atoms with Crippen LogP contribution in [0.3, 0.4) is 0 Å². The summed E-state index contributed by atoms with van der Waals surface area (Å²) >= 11 is 0. The first-order valence-corrected chi connectivity index (χ1v) is 12.8. The van der Waals surface area contributed by atoms with Crippen molar-refractivity contribution in [1.29, 1.82) is 0 Å². The SMILES string of the molecule is COc1c(C)c(C=O)c2c(O)c(-c3c(C)cc4c(C(C)C)c(O)c(O)c(C=O)c4c3O)c(C)cc2c1C(C)C. The monoisotopic (exact) mass is 530 g/mol. The van der Waals surface area contributed by atoms with Crippen molar-refractivity contribution >= 4 is 34.1 Å². The molecule has 0 spiro atoms. The molecule has 0 fully saturated rings. The third kappa shape index (κ3) is 3.87. The van der Waals surface area contributed by atoms with Gasteiger partial charge in [-0.15, -0.1) is 0 Å². The molecule has 0 aromatic heterocycles. The van der Waals surface area contributed by atoms with Crippen LogP contribution in [0.1, 0.15) is 88.1 Å². The second-order valence-corrected chi connectivity index (χ2v) is 10.7. The number of ether oxygens (including phenoxy) is 1. The lowest BCUT2D eigenvalue weighted by atomic mass is 9.82. The molecule has 0 aliphatic carbocycles. The predicted molar refractivity (Wildman–Crippen MR) is 153 cm³/mol. The fraction of sp³-hybridized carbons (Fsp3) is 0.312. The Morgan fingerprint density at radius 2 is 1.10 bits per heavy atom. The molecule has 4 aromatic carbocycles. The molecule has 0 heterocycles. The lowest BCUT2D eigenvalue weighted by molar-refractivity contribution is 0.111. The first-order valence-electron chi connectivity index (χ1n) is 12.8. The minimum absolute atomic E-state index is 0.0163. The maximum absolute atomic E-state index is 12.3. The molecule has 0 saturated carbocycles. The molecule has 7 heteroatoms. The first kappa shape index (κ1) is 27.8. The highest BCUT2D eigenvalue weighted by molar-refractivity contribution is 6.13. The molecule has 0 atom stereocenters. The number of aryl methyl sites for hydroxylation is 2. The summed E-state index contributed by atoms with van der Waals surface area (Å²) in [7, 11) is 1.55. The van der Waals surface area contributed by atoms with Crippen LogP contribution >= 0.6 is 0 Å². The molecule has 39 heavy (non-hydrogen) atoms. The van der Waals surface area contributed by atoms with Crippen LogP contribution in [-0.4, -0.2) is 40.1 Å². The molecular formula is C32H34O7. The van der Waals surface area contributed by atoms with Crippen LogP contribution in [0.25, 0.3) is 32.7 Å². The predicted octanol–water partition coefficient (Wildman–Crippen LogP) is 7.29. The maximum Gasteiger partial charge on any atom is 0.169 e. The number of fused-ring (bicyclic) bond motifs is 2. The number of aromatic hydroxyl groups is 4. The van der Waals surface area contributed by atoms with Gasteiger partial charge in [-0.25, -0.2) is 0 Å². The summed E-state index contributed by atoms with van der Waals surface area (Å²) < 4.78 is 5.69. The van der Waals surface area contributed by atoms with E-state index < -0.39 is 11.5 Å². The van der Waals surface area contributed by atoms with E-state index in [-0.39, 0.29) is 45.4 Å². The normalized spacial score (nSPS) is 11.6. The fourth-order valence-electron chi connectivity index (χ4n) is 6.02. The molecule has 0 bridgehead atoms. The quantitative estimate of drug-likeness (QED) is 0.152. The average molecular weight is 531 g/mol. The van der Waals surface area contributed by atoms with E-state index in [1.165, 1.54) is 0 Å². The van der Waals surface area contributed by atoms with Crippen molar-refractivity contribution in [2.24, 2.45) is 0 Å². The lowest BCUT2D eigenvalue weighted by Gasteiger charge is -2.24. The molecule has 0 amide bonds. The Bertz CT molecular complexity index is 1690. The van der Waals surface area contributed by atoms with Gasteiger partial charge in [-0.05, 0) is 54.5 Å². The number of rotatable bonds is 6. The molecule has 204 valence electrons. The number of phenols is 4. The van der Waals surface area contributed by atoms with E-state index in [1.807, 2.05) is 33.8 Å². The van der Waals surface area contributed by atoms with Gasteiger partial charge in [0.1, 0.15) is 17.2 Å². The molecule has 7 nitrogen and oxygen atoms in total. The number of benzene rings is 4. The first-order chi connectivity index (χ1) is 18.3. The van der Waals surface area contributed by atoms with Gasteiger partial charge in [-0.3, -0.25) is 9.59 Å². The molecule has 4 aromatic rings. The van der Waals surface area contributed by atoms with Crippen LogP contribution in [0.5, 0.6) is 28.7 Å². The van der Waals surface area contributed by atoms with Crippen molar-refractivity contribution in [3.05, 3.63) is 51.1 Å². The van der Waals surface area contributed by atoms with Gasteiger partial charge in [0, 0.05) is 44.2 Å². The Morgan fingerprint density at radius 3 is 1.51 bits per heavy atom. The second-order valence-electron chi connectivity index (χ2n) is 10.7. The van der Waals surface area contributed by atoms with Crippen molar-refractivity contribution < 1.29 is 34.8 Å². The summed E-state index contributed by atoms with van der Waals surface area (Å²) in [5.41, 5.74) is 3.64. The molecular weight excluding hydrogens is 496 g/mol. The van der Waals surface area contributed by atoms with Crippen molar-refractivity contribution in [2.75, 3.05) is 7.11 Å². The number of aldehydes is 2. The lowest BCUT2D eigenvalue weighted by Crippen LogP contribution is -2.04. The Kier molecular flexibility index (Phi) is 6.98. The van der Waals surface area contributed by atoms with Gasteiger partial charge in [-0.2, -0.15) is 0 Å². The Labute approximate surface area is 227 Å². The van der Waals surface area contributed by atoms with Gasteiger partial charge in [-0.1, -0.05) is 39.8 Å². The van der Waals surface area contributed by atoms with Crippen LogP contribution in [0.2, 0.25) is 0 Å². The Morgan fingerprint density at radius 1 is 0.667 bits per heavy atom. The zero-order valence-corrected chi connectivity index (χ0v) is 23.5. The fourth-order valence-corrected chi connectivity index (χ4v) is 6.02. The second kappa shape index (κ2) is 9.80. The van der Waals surface area contributed by atoms with E-state index in [0.29, 0.717) is 62.3 Å². The number of phenolic OH excluding ortho intramolecular Hbond substituents is 4. The van der Waals surface area contributed by atoms with E-state index in [1.54, 1.807) is 33.9 Å². The van der Waals surface area contributed by atoms with E-state index in [0.717, 1.165) is 5.56 Å². The highest BCUT2D eigenvalue weighted by Crippen LogP contribution is 2.53. The standard InChI is InChI=1S/C32H34O7/c1-13(2)22-18-9-15(5)25(30(37)27(18)21(12-34)28(35)31(22)38)24-16(6)10-19-23(14(3)4)32(39-8)17(7)20(11-33)26(19)29(24)36/h9-14,35-38H,1-8H3. The van der Waals surface area contributed by atoms with Crippen molar-refractivity contribution in [3.63, 3.8) is 0 Å².